The summed E-state index contributed by atoms with van der Waals surface area (Å²) in [5, 5.41) is 16.9. The van der Waals surface area contributed by atoms with Crippen LogP contribution in [0.25, 0.3) is 0 Å². The Kier molecular flexibility index (Phi) is 61.5. The Morgan fingerprint density at radius 2 is 1.30 bits per heavy atom. The minimum Gasteiger partial charge on any atom is -0.481 e. The second kappa shape index (κ2) is 42.8. The van der Waals surface area contributed by atoms with E-state index in [9.17, 15) is 4.79 Å². The number of allylic oxidation sites excluding steroid dienone is 3. The van der Waals surface area contributed by atoms with Crippen LogP contribution in [-0.2, 0) is 4.79 Å². The lowest BCUT2D eigenvalue weighted by Gasteiger charge is -2.02. The molecule has 2 N–H and O–H groups in total. The molecule has 0 aromatic heterocycles. The van der Waals surface area contributed by atoms with Crippen LogP contribution in [0.3, 0.4) is 0 Å². The standard InChI is InChI=1S/C7H14O.C4H8O2.3C3H6/c1-3-5-7(8)6-4-2;1-2-3-4(5)6;3*1-3-2/h3,7-8H,1,4-6H2,2H3;2-3H2,1H3,(H,5,6);3*3H,1H2,2H3/t7-;;;;/m0..../s1. The monoisotopic (exact) mass is 328 g/mol. The number of carboxylic acid groups (broad SMARTS) is 1. The predicted octanol–water partition coefficient (Wildman–Crippen LogP) is 6.17. The number of carbonyl (C=O) groups is 1. The van der Waals surface area contributed by atoms with E-state index in [0.717, 1.165) is 25.7 Å². The van der Waals surface area contributed by atoms with Gasteiger partial charge < -0.3 is 10.2 Å². The van der Waals surface area contributed by atoms with Gasteiger partial charge in [0.15, 0.2) is 0 Å². The largest absolute Gasteiger partial charge is 0.481 e. The molecule has 0 amide bonds. The summed E-state index contributed by atoms with van der Waals surface area (Å²) in [6, 6.07) is 0. The first-order chi connectivity index (χ1) is 10.8. The fraction of sp³-hybridized carbons (Fsp3) is 0.550. The smallest absolute Gasteiger partial charge is 0.303 e. The van der Waals surface area contributed by atoms with Crippen LogP contribution in [0.2, 0.25) is 0 Å². The van der Waals surface area contributed by atoms with Gasteiger partial charge in [-0.25, -0.2) is 0 Å². The zero-order valence-corrected chi connectivity index (χ0v) is 16.1. The van der Waals surface area contributed by atoms with Crippen LogP contribution < -0.4 is 0 Å². The molecule has 0 aliphatic rings. The first kappa shape index (κ1) is 33.1. The summed E-state index contributed by atoms with van der Waals surface area (Å²) in [5.41, 5.74) is 0. The van der Waals surface area contributed by atoms with Crippen LogP contribution in [0, 0.1) is 0 Å². The van der Waals surface area contributed by atoms with Gasteiger partial charge in [0.05, 0.1) is 6.10 Å². The van der Waals surface area contributed by atoms with Crippen molar-refractivity contribution in [2.24, 2.45) is 0 Å². The van der Waals surface area contributed by atoms with E-state index in [4.69, 9.17) is 10.2 Å². The number of hydrogen-bond donors (Lipinski definition) is 2. The topological polar surface area (TPSA) is 57.5 Å². The van der Waals surface area contributed by atoms with Crippen molar-refractivity contribution in [3.8, 4) is 0 Å². The van der Waals surface area contributed by atoms with Crippen molar-refractivity contribution in [2.75, 3.05) is 0 Å². The maximum absolute atomic E-state index is 9.60. The third kappa shape index (κ3) is 126. The number of hydrogen-bond acceptors (Lipinski definition) is 2. The molecule has 0 bridgehead atoms. The number of rotatable bonds is 6. The number of aliphatic hydroxyl groups is 1. The Labute approximate surface area is 145 Å². The summed E-state index contributed by atoms with van der Waals surface area (Å²) in [6.07, 6.45) is 10.5. The normalized spacial score (nSPS) is 8.43. The van der Waals surface area contributed by atoms with E-state index in [-0.39, 0.29) is 6.10 Å². The Bertz CT molecular complexity index is 231. The lowest BCUT2D eigenvalue weighted by atomic mass is 10.1. The third-order valence-electron chi connectivity index (χ3n) is 1.52. The molecule has 0 aromatic rings. The van der Waals surface area contributed by atoms with Crippen molar-refractivity contribution in [1.82, 2.24) is 0 Å². The SMILES string of the molecule is C=CC.C=CC.C=CC.C=CC[C@H](O)CCC.CCCC(=O)O. The molecular weight excluding hydrogens is 288 g/mol. The summed E-state index contributed by atoms with van der Waals surface area (Å²) < 4.78 is 0. The van der Waals surface area contributed by atoms with Crippen molar-refractivity contribution in [2.45, 2.75) is 72.8 Å². The fourth-order valence-electron chi connectivity index (χ4n) is 0.857. The highest BCUT2D eigenvalue weighted by Gasteiger charge is 1.96. The highest BCUT2D eigenvalue weighted by Crippen LogP contribution is 1.99. The average molecular weight is 329 g/mol. The molecule has 0 saturated heterocycles. The zero-order valence-electron chi connectivity index (χ0n) is 16.1. The summed E-state index contributed by atoms with van der Waals surface area (Å²) in [4.78, 5) is 9.60. The molecule has 0 rings (SSSR count). The molecule has 0 radical (unpaired) electrons. The highest BCUT2D eigenvalue weighted by molar-refractivity contribution is 5.66. The first-order valence-electron chi connectivity index (χ1n) is 8.04. The van der Waals surface area contributed by atoms with Gasteiger partial charge in [-0.3, -0.25) is 4.79 Å². The Hall–Kier alpha value is -1.61. The van der Waals surface area contributed by atoms with Crippen LogP contribution >= 0.6 is 0 Å². The molecular formula is C20H40O3. The molecule has 0 unspecified atom stereocenters. The van der Waals surface area contributed by atoms with Crippen molar-refractivity contribution >= 4 is 5.97 Å². The molecule has 0 heterocycles. The van der Waals surface area contributed by atoms with Gasteiger partial charge in [0.2, 0.25) is 0 Å². The number of carboxylic acids is 1. The van der Waals surface area contributed by atoms with Crippen molar-refractivity contribution in [3.05, 3.63) is 50.6 Å². The maximum atomic E-state index is 9.60. The quantitative estimate of drug-likeness (QED) is 0.573. The molecule has 138 valence electrons. The van der Waals surface area contributed by atoms with Gasteiger partial charge in [0.25, 0.3) is 0 Å². The average Bonchev–Trinajstić information content (AvgIpc) is 2.42. The van der Waals surface area contributed by atoms with Crippen LogP contribution in [-0.4, -0.2) is 22.3 Å². The van der Waals surface area contributed by atoms with Gasteiger partial charge in [0, 0.05) is 6.42 Å². The number of aliphatic hydroxyl groups excluding tert-OH is 1. The molecule has 3 nitrogen and oxygen atoms in total. The summed E-state index contributed by atoms with van der Waals surface area (Å²) >= 11 is 0. The van der Waals surface area contributed by atoms with Gasteiger partial charge in [-0.1, -0.05) is 44.6 Å². The summed E-state index contributed by atoms with van der Waals surface area (Å²) in [5.74, 6) is -0.711. The second-order valence-corrected chi connectivity index (χ2v) is 4.34. The molecule has 3 heteroatoms. The van der Waals surface area contributed by atoms with Crippen LogP contribution in [0.1, 0.15) is 66.7 Å². The van der Waals surface area contributed by atoms with Crippen LogP contribution in [0.4, 0.5) is 0 Å². The van der Waals surface area contributed by atoms with Crippen molar-refractivity contribution in [1.29, 1.82) is 0 Å². The third-order valence-corrected chi connectivity index (χ3v) is 1.52. The van der Waals surface area contributed by atoms with E-state index < -0.39 is 5.97 Å². The minimum atomic E-state index is -0.711. The van der Waals surface area contributed by atoms with Crippen LogP contribution in [0.15, 0.2) is 50.6 Å². The van der Waals surface area contributed by atoms with E-state index in [0.29, 0.717) is 6.42 Å². The molecule has 0 aromatic carbocycles. The molecule has 0 fully saturated rings. The highest BCUT2D eigenvalue weighted by atomic mass is 16.4. The zero-order chi connectivity index (χ0) is 19.5. The molecule has 1 atom stereocenters. The number of aliphatic carboxylic acids is 1. The van der Waals surface area contributed by atoms with E-state index in [1.165, 1.54) is 0 Å². The van der Waals surface area contributed by atoms with Gasteiger partial charge in [-0.05, 0) is 40.0 Å². The van der Waals surface area contributed by atoms with Crippen molar-refractivity contribution in [3.63, 3.8) is 0 Å². The molecule has 23 heavy (non-hydrogen) atoms. The maximum Gasteiger partial charge on any atom is 0.303 e. The summed E-state index contributed by atoms with van der Waals surface area (Å²) in [7, 11) is 0. The van der Waals surface area contributed by atoms with E-state index in [1.807, 2.05) is 27.7 Å². The Balaban J connectivity index is -0.0000000636. The van der Waals surface area contributed by atoms with E-state index in [1.54, 1.807) is 24.3 Å². The summed E-state index contributed by atoms with van der Waals surface area (Å²) in [6.45, 7) is 23.2. The Morgan fingerprint density at radius 1 is 0.957 bits per heavy atom. The lowest BCUT2D eigenvalue weighted by Crippen LogP contribution is -2.02. The van der Waals surface area contributed by atoms with Gasteiger partial charge in [0.1, 0.15) is 0 Å². The minimum absolute atomic E-state index is 0.155. The van der Waals surface area contributed by atoms with E-state index in [2.05, 4.69) is 33.2 Å². The van der Waals surface area contributed by atoms with E-state index >= 15 is 0 Å². The van der Waals surface area contributed by atoms with Gasteiger partial charge in [-0.15, -0.1) is 26.3 Å². The Morgan fingerprint density at radius 3 is 1.43 bits per heavy atom. The predicted molar refractivity (Wildman–Crippen MR) is 106 cm³/mol. The van der Waals surface area contributed by atoms with Gasteiger partial charge >= 0.3 is 5.97 Å². The second-order valence-electron chi connectivity index (χ2n) is 4.34. The fourth-order valence-corrected chi connectivity index (χ4v) is 0.857. The lowest BCUT2D eigenvalue weighted by molar-refractivity contribution is -0.137. The first-order valence-corrected chi connectivity index (χ1v) is 8.04. The van der Waals surface area contributed by atoms with Gasteiger partial charge in [-0.2, -0.15) is 0 Å². The molecule has 0 aliphatic heterocycles. The molecule has 0 aliphatic carbocycles. The molecule has 0 saturated carbocycles. The van der Waals surface area contributed by atoms with Crippen molar-refractivity contribution < 1.29 is 15.0 Å². The van der Waals surface area contributed by atoms with Crippen LogP contribution in [0.5, 0.6) is 0 Å². The molecule has 0 spiro atoms.